The van der Waals surface area contributed by atoms with Crippen LogP contribution >= 0.6 is 11.8 Å². The zero-order valence-corrected chi connectivity index (χ0v) is 20.4. The molecule has 4 rings (SSSR count). The van der Waals surface area contributed by atoms with Gasteiger partial charge in [0.25, 0.3) is 5.91 Å². The van der Waals surface area contributed by atoms with Crippen molar-refractivity contribution in [1.82, 2.24) is 19.9 Å². The molecular formula is C27H30N4O2S. The average Bonchev–Trinajstić information content (AvgIpc) is 3.20. The summed E-state index contributed by atoms with van der Waals surface area (Å²) in [4.78, 5) is 21.6. The van der Waals surface area contributed by atoms with Gasteiger partial charge in [0.05, 0.1) is 29.9 Å². The van der Waals surface area contributed by atoms with Gasteiger partial charge in [0.1, 0.15) is 0 Å². The van der Waals surface area contributed by atoms with E-state index in [1.165, 1.54) is 5.56 Å². The number of benzene rings is 2. The molecule has 1 amide bonds. The maximum absolute atomic E-state index is 12.4. The van der Waals surface area contributed by atoms with E-state index in [0.717, 1.165) is 33.9 Å². The molecule has 2 heterocycles. The van der Waals surface area contributed by atoms with E-state index in [-0.39, 0.29) is 12.0 Å². The molecule has 0 bridgehead atoms. The van der Waals surface area contributed by atoms with Crippen LogP contribution in [0.4, 0.5) is 0 Å². The summed E-state index contributed by atoms with van der Waals surface area (Å²) in [5, 5.41) is 3.91. The summed E-state index contributed by atoms with van der Waals surface area (Å²) in [5.41, 5.74) is 4.96. The van der Waals surface area contributed by atoms with Crippen molar-refractivity contribution in [3.8, 4) is 0 Å². The lowest BCUT2D eigenvalue weighted by Crippen LogP contribution is -2.25. The van der Waals surface area contributed by atoms with Gasteiger partial charge in [-0.25, -0.2) is 4.98 Å². The number of thioether (sulfide) groups is 1. The van der Waals surface area contributed by atoms with Gasteiger partial charge in [0.15, 0.2) is 5.16 Å². The number of nitrogens with zero attached hydrogens (tertiary/aromatic N) is 3. The normalized spacial score (nSPS) is 11.3. The first-order chi connectivity index (χ1) is 16.6. The Balaban J connectivity index is 1.42. The molecule has 0 radical (unpaired) electrons. The summed E-state index contributed by atoms with van der Waals surface area (Å²) in [6.07, 6.45) is 4.64. The number of hydrogen-bond acceptors (Lipinski definition) is 5. The van der Waals surface area contributed by atoms with E-state index in [1.807, 2.05) is 56.4 Å². The molecule has 7 heteroatoms. The van der Waals surface area contributed by atoms with Crippen molar-refractivity contribution in [3.05, 3.63) is 89.7 Å². The van der Waals surface area contributed by atoms with Gasteiger partial charge in [-0.2, -0.15) is 0 Å². The van der Waals surface area contributed by atoms with Gasteiger partial charge < -0.3 is 14.6 Å². The molecule has 0 aliphatic heterocycles. The lowest BCUT2D eigenvalue weighted by atomic mass is 10.1. The van der Waals surface area contributed by atoms with E-state index in [4.69, 9.17) is 9.72 Å². The number of nitrogens with one attached hydrogen (secondary N) is 1. The predicted octanol–water partition coefficient (Wildman–Crippen LogP) is 5.32. The van der Waals surface area contributed by atoms with Crippen LogP contribution < -0.4 is 5.32 Å². The molecule has 6 nitrogen and oxygen atoms in total. The lowest BCUT2D eigenvalue weighted by Gasteiger charge is -2.11. The van der Waals surface area contributed by atoms with E-state index in [2.05, 4.69) is 39.1 Å². The van der Waals surface area contributed by atoms with Crippen molar-refractivity contribution < 1.29 is 9.53 Å². The molecule has 0 saturated heterocycles. The summed E-state index contributed by atoms with van der Waals surface area (Å²) in [6, 6.07) is 20.1. The number of ether oxygens (including phenoxy) is 1. The van der Waals surface area contributed by atoms with Crippen molar-refractivity contribution in [2.45, 2.75) is 43.8 Å². The fourth-order valence-electron chi connectivity index (χ4n) is 3.57. The maximum atomic E-state index is 12.4. The molecule has 0 spiro atoms. The van der Waals surface area contributed by atoms with Crippen molar-refractivity contribution >= 4 is 28.7 Å². The highest BCUT2D eigenvalue weighted by molar-refractivity contribution is 7.98. The minimum Gasteiger partial charge on any atom is -0.379 e. The Morgan fingerprint density at radius 2 is 1.85 bits per heavy atom. The Hall–Kier alpha value is -3.16. The first-order valence-electron chi connectivity index (χ1n) is 11.6. The molecular weight excluding hydrogens is 444 g/mol. The number of imidazole rings is 1. The molecule has 0 atom stereocenters. The van der Waals surface area contributed by atoms with Crippen LogP contribution in [0.15, 0.2) is 78.2 Å². The molecule has 0 fully saturated rings. The minimum absolute atomic E-state index is 0.0625. The third kappa shape index (κ3) is 6.46. The van der Waals surface area contributed by atoms with Crippen molar-refractivity contribution in [1.29, 1.82) is 0 Å². The summed E-state index contributed by atoms with van der Waals surface area (Å²) < 4.78 is 7.71. The fourth-order valence-corrected chi connectivity index (χ4v) is 4.54. The minimum atomic E-state index is -0.0625. The standard InChI is InChI=1S/C27H30N4O2S/c1-20(2)33-16-6-14-29-26(32)23-11-9-21(10-12-23)18-31-25-17-28-15-13-24(25)30-27(31)34-19-22-7-4-3-5-8-22/h3-5,7-13,15,17,20H,6,14,16,18-19H2,1-2H3,(H,29,32). The predicted molar refractivity (Wildman–Crippen MR) is 137 cm³/mol. The maximum Gasteiger partial charge on any atom is 0.251 e. The first kappa shape index (κ1) is 24.0. The van der Waals surface area contributed by atoms with E-state index >= 15 is 0 Å². The smallest absolute Gasteiger partial charge is 0.251 e. The number of pyridine rings is 1. The molecule has 0 aliphatic carbocycles. The number of fused-ring (bicyclic) bond motifs is 1. The molecule has 1 N–H and O–H groups in total. The summed E-state index contributed by atoms with van der Waals surface area (Å²) in [6.45, 7) is 5.93. The van der Waals surface area contributed by atoms with Crippen LogP contribution in [0.5, 0.6) is 0 Å². The average molecular weight is 475 g/mol. The van der Waals surface area contributed by atoms with Gasteiger partial charge in [-0.1, -0.05) is 54.2 Å². The Kier molecular flexibility index (Phi) is 8.33. The number of aromatic nitrogens is 3. The third-order valence-corrected chi connectivity index (χ3v) is 6.39. The number of carbonyl (C=O) groups excluding carboxylic acids is 1. The first-order valence-corrected chi connectivity index (χ1v) is 12.5. The van der Waals surface area contributed by atoms with E-state index < -0.39 is 0 Å². The Bertz CT molecular complexity index is 1210. The molecule has 0 aliphatic rings. The van der Waals surface area contributed by atoms with Crippen LogP contribution in [0.25, 0.3) is 11.0 Å². The quantitative estimate of drug-likeness (QED) is 0.235. The van der Waals surface area contributed by atoms with Gasteiger partial charge in [-0.15, -0.1) is 0 Å². The third-order valence-electron chi connectivity index (χ3n) is 5.34. The van der Waals surface area contributed by atoms with Gasteiger partial charge >= 0.3 is 0 Å². The molecule has 0 unspecified atom stereocenters. The summed E-state index contributed by atoms with van der Waals surface area (Å²) in [7, 11) is 0. The van der Waals surface area contributed by atoms with Crippen LogP contribution in [0.1, 0.15) is 41.8 Å². The van der Waals surface area contributed by atoms with Crippen molar-refractivity contribution in [3.63, 3.8) is 0 Å². The highest BCUT2D eigenvalue weighted by atomic mass is 32.2. The Morgan fingerprint density at radius 3 is 2.62 bits per heavy atom. The Morgan fingerprint density at radius 1 is 1.06 bits per heavy atom. The fraction of sp³-hybridized carbons (Fsp3) is 0.296. The second-order valence-electron chi connectivity index (χ2n) is 8.35. The number of amides is 1. The lowest BCUT2D eigenvalue weighted by molar-refractivity contribution is 0.0757. The molecule has 34 heavy (non-hydrogen) atoms. The van der Waals surface area contributed by atoms with Crippen LogP contribution in [0.3, 0.4) is 0 Å². The van der Waals surface area contributed by atoms with Gasteiger partial charge in [0, 0.05) is 30.7 Å². The zero-order chi connectivity index (χ0) is 23.8. The van der Waals surface area contributed by atoms with Crippen molar-refractivity contribution in [2.75, 3.05) is 13.2 Å². The van der Waals surface area contributed by atoms with Crippen LogP contribution in [-0.4, -0.2) is 39.7 Å². The Labute approximate surface area is 204 Å². The van der Waals surface area contributed by atoms with E-state index in [0.29, 0.717) is 25.3 Å². The second kappa shape index (κ2) is 11.8. The monoisotopic (exact) mass is 474 g/mol. The topological polar surface area (TPSA) is 69.0 Å². The number of rotatable bonds is 11. The van der Waals surface area contributed by atoms with Crippen LogP contribution in [0, 0.1) is 0 Å². The highest BCUT2D eigenvalue weighted by Gasteiger charge is 2.13. The highest BCUT2D eigenvalue weighted by Crippen LogP contribution is 2.27. The zero-order valence-electron chi connectivity index (χ0n) is 19.6. The van der Waals surface area contributed by atoms with Crippen LogP contribution in [-0.2, 0) is 17.0 Å². The molecule has 176 valence electrons. The largest absolute Gasteiger partial charge is 0.379 e. The van der Waals surface area contributed by atoms with Gasteiger partial charge in [0.2, 0.25) is 0 Å². The molecule has 2 aromatic carbocycles. The summed E-state index contributed by atoms with van der Waals surface area (Å²) >= 11 is 1.72. The molecule has 2 aromatic heterocycles. The SMILES string of the molecule is CC(C)OCCCNC(=O)c1ccc(Cn2c(SCc3ccccc3)nc3ccncc32)cc1. The van der Waals surface area contributed by atoms with E-state index in [9.17, 15) is 4.79 Å². The van der Waals surface area contributed by atoms with E-state index in [1.54, 1.807) is 18.0 Å². The number of carbonyl (C=O) groups is 1. The second-order valence-corrected chi connectivity index (χ2v) is 9.29. The van der Waals surface area contributed by atoms with Crippen molar-refractivity contribution in [2.24, 2.45) is 0 Å². The van der Waals surface area contributed by atoms with Gasteiger partial charge in [-0.3, -0.25) is 9.78 Å². The number of hydrogen-bond donors (Lipinski definition) is 1. The summed E-state index contributed by atoms with van der Waals surface area (Å²) in [5.74, 6) is 0.784. The molecule has 4 aromatic rings. The van der Waals surface area contributed by atoms with Gasteiger partial charge in [-0.05, 0) is 49.6 Å². The van der Waals surface area contributed by atoms with Crippen LogP contribution in [0.2, 0.25) is 0 Å². The molecule has 0 saturated carbocycles.